The van der Waals surface area contributed by atoms with Crippen LogP contribution < -0.4 is 9.46 Å². The molecule has 11 heteroatoms. The monoisotopic (exact) mass is 620 g/mol. The molecule has 2 aliphatic heterocycles. The lowest BCUT2D eigenvalue weighted by molar-refractivity contribution is -0.129. The molecule has 0 unspecified atom stereocenters. The van der Waals surface area contributed by atoms with Crippen molar-refractivity contribution in [1.29, 1.82) is 0 Å². The number of hydrogen-bond donors (Lipinski definition) is 2. The normalized spacial score (nSPS) is 18.0. The van der Waals surface area contributed by atoms with Gasteiger partial charge in [0.15, 0.2) is 0 Å². The van der Waals surface area contributed by atoms with E-state index in [9.17, 15) is 23.1 Å². The fourth-order valence-corrected chi connectivity index (χ4v) is 7.39. The maximum atomic E-state index is 14.0. The van der Waals surface area contributed by atoms with E-state index in [0.717, 1.165) is 57.7 Å². The number of aliphatic hydroxyl groups excluding tert-OH is 1. The van der Waals surface area contributed by atoms with Gasteiger partial charge in [0.1, 0.15) is 5.75 Å². The highest BCUT2D eigenvalue weighted by atomic mass is 32.2. The zero-order valence-corrected chi connectivity index (χ0v) is 26.3. The first-order chi connectivity index (χ1) is 21.1. The summed E-state index contributed by atoms with van der Waals surface area (Å²) < 4.78 is 35.7. The van der Waals surface area contributed by atoms with E-state index >= 15 is 0 Å². The minimum Gasteiger partial charge on any atom is -0.497 e. The number of carbonyl (C=O) groups is 2. The van der Waals surface area contributed by atoms with Gasteiger partial charge in [-0.1, -0.05) is 25.3 Å². The lowest BCUT2D eigenvalue weighted by Crippen LogP contribution is -2.41. The second-order valence-corrected chi connectivity index (χ2v) is 14.2. The third-order valence-corrected chi connectivity index (χ3v) is 10.7. The van der Waals surface area contributed by atoms with Gasteiger partial charge in [0.05, 0.1) is 25.5 Å². The Bertz CT molecular complexity index is 1750. The van der Waals surface area contributed by atoms with E-state index in [0.29, 0.717) is 43.2 Å². The topological polar surface area (TPSA) is 121 Å². The molecule has 44 heavy (non-hydrogen) atoms. The van der Waals surface area contributed by atoms with Crippen LogP contribution in [-0.4, -0.2) is 79.5 Å². The molecule has 234 valence electrons. The summed E-state index contributed by atoms with van der Waals surface area (Å²) in [6.07, 6.45) is 8.22. The second-order valence-electron chi connectivity index (χ2n) is 12.3. The Balaban J connectivity index is 1.55. The number of amides is 2. The first kappa shape index (κ1) is 30.4. The summed E-state index contributed by atoms with van der Waals surface area (Å²) in [6, 6.07) is 11.3. The second kappa shape index (κ2) is 12.0. The highest BCUT2D eigenvalue weighted by molar-refractivity contribution is 7.87. The van der Waals surface area contributed by atoms with Gasteiger partial charge in [-0.2, -0.15) is 12.7 Å². The molecular formula is C33H40N4O6S. The molecule has 3 heterocycles. The van der Waals surface area contributed by atoms with Crippen molar-refractivity contribution in [2.24, 2.45) is 0 Å². The zero-order valence-electron chi connectivity index (χ0n) is 25.5. The Morgan fingerprint density at radius 3 is 2.41 bits per heavy atom. The molecule has 0 spiro atoms. The average Bonchev–Trinajstić information content (AvgIpc) is 3.23. The molecule has 3 aliphatic rings. The molecule has 2 aromatic carbocycles. The van der Waals surface area contributed by atoms with Crippen LogP contribution in [0, 0.1) is 0 Å². The van der Waals surface area contributed by atoms with Crippen LogP contribution in [0.5, 0.6) is 5.75 Å². The maximum absolute atomic E-state index is 14.0. The molecule has 6 rings (SSSR count). The Morgan fingerprint density at radius 1 is 1.00 bits per heavy atom. The molecule has 0 bridgehead atoms. The predicted octanol–water partition coefficient (Wildman–Crippen LogP) is 4.28. The standard InChI is InChI=1S/C33H40N4O6S/c1-35(2)44(41,42)34-32(39)22-9-11-28-29(19-22)37-20-24(33(40)36-15-13-25(38)14-16-36)17-23-18-26(43-3)10-12-27(23)31(37)30(28)21-7-5-4-6-8-21/h9-12,17-19,21,25,38H,4-8,13-16,20H2,1-3H3,(H,34,39). The summed E-state index contributed by atoms with van der Waals surface area (Å²) in [5, 5.41) is 11.1. The number of hydrogen-bond acceptors (Lipinski definition) is 6. The number of aromatic nitrogens is 1. The Morgan fingerprint density at radius 2 is 1.73 bits per heavy atom. The minimum absolute atomic E-state index is 0.0782. The minimum atomic E-state index is -3.98. The number of piperidine rings is 1. The number of rotatable bonds is 6. The summed E-state index contributed by atoms with van der Waals surface area (Å²) in [4.78, 5) is 29.0. The summed E-state index contributed by atoms with van der Waals surface area (Å²) in [5.41, 5.74) is 5.72. The highest BCUT2D eigenvalue weighted by Crippen LogP contribution is 2.47. The van der Waals surface area contributed by atoms with E-state index in [1.54, 1.807) is 19.2 Å². The van der Waals surface area contributed by atoms with Crippen LogP contribution in [0.4, 0.5) is 0 Å². The van der Waals surface area contributed by atoms with Gasteiger partial charge in [-0.25, -0.2) is 4.72 Å². The molecule has 0 atom stereocenters. The fraction of sp³-hybridized carbons (Fsp3) is 0.455. The van der Waals surface area contributed by atoms with E-state index in [-0.39, 0.29) is 18.0 Å². The number of methoxy groups -OCH3 is 1. The fourth-order valence-electron chi connectivity index (χ4n) is 6.85. The molecule has 1 aliphatic carbocycles. The molecule has 2 N–H and O–H groups in total. The van der Waals surface area contributed by atoms with Gasteiger partial charge in [-0.3, -0.25) is 9.59 Å². The summed E-state index contributed by atoms with van der Waals surface area (Å²) >= 11 is 0. The van der Waals surface area contributed by atoms with Gasteiger partial charge in [0, 0.05) is 54.8 Å². The maximum Gasteiger partial charge on any atom is 0.303 e. The number of benzene rings is 2. The Labute approximate surface area is 258 Å². The van der Waals surface area contributed by atoms with Crippen LogP contribution in [0.3, 0.4) is 0 Å². The van der Waals surface area contributed by atoms with Gasteiger partial charge in [-0.15, -0.1) is 0 Å². The number of likely N-dealkylation sites (tertiary alicyclic amines) is 1. The van der Waals surface area contributed by atoms with Crippen LogP contribution in [-0.2, 0) is 21.5 Å². The number of fused-ring (bicyclic) bond motifs is 5. The summed E-state index contributed by atoms with van der Waals surface area (Å²) in [7, 11) is 0.374. The van der Waals surface area contributed by atoms with Crippen LogP contribution in [0.15, 0.2) is 42.0 Å². The summed E-state index contributed by atoms with van der Waals surface area (Å²) in [5.74, 6) is 0.211. The van der Waals surface area contributed by atoms with E-state index in [4.69, 9.17) is 4.74 Å². The molecule has 0 radical (unpaired) electrons. The molecule has 1 aromatic heterocycles. The van der Waals surface area contributed by atoms with Gasteiger partial charge >= 0.3 is 10.2 Å². The van der Waals surface area contributed by atoms with Gasteiger partial charge < -0.3 is 19.3 Å². The Kier molecular flexibility index (Phi) is 8.29. The van der Waals surface area contributed by atoms with Gasteiger partial charge in [0.2, 0.25) is 0 Å². The number of aliphatic hydroxyl groups is 1. The van der Waals surface area contributed by atoms with Gasteiger partial charge in [0.25, 0.3) is 11.8 Å². The third kappa shape index (κ3) is 5.64. The van der Waals surface area contributed by atoms with Crippen LogP contribution in [0.2, 0.25) is 0 Å². The third-order valence-electron chi connectivity index (χ3n) is 9.28. The van der Waals surface area contributed by atoms with Crippen LogP contribution >= 0.6 is 0 Å². The van der Waals surface area contributed by atoms with Crippen molar-refractivity contribution < 1.29 is 27.9 Å². The van der Waals surface area contributed by atoms with Crippen LogP contribution in [0.25, 0.3) is 28.2 Å². The molecular weight excluding hydrogens is 580 g/mol. The zero-order chi connectivity index (χ0) is 31.2. The number of nitrogens with zero attached hydrogens (tertiary/aromatic N) is 3. The number of carbonyl (C=O) groups excluding carboxylic acids is 2. The smallest absolute Gasteiger partial charge is 0.303 e. The van der Waals surface area contributed by atoms with Crippen molar-refractivity contribution in [1.82, 2.24) is 18.5 Å². The van der Waals surface area contributed by atoms with Crippen molar-refractivity contribution in [2.75, 3.05) is 34.3 Å². The predicted molar refractivity (Wildman–Crippen MR) is 170 cm³/mol. The lowest BCUT2D eigenvalue weighted by Gasteiger charge is -2.30. The molecule has 2 amide bonds. The van der Waals surface area contributed by atoms with Crippen molar-refractivity contribution in [3.8, 4) is 17.0 Å². The first-order valence-electron chi connectivity index (χ1n) is 15.3. The molecule has 10 nitrogen and oxygen atoms in total. The van der Waals surface area contributed by atoms with E-state index < -0.39 is 22.2 Å². The molecule has 2 fully saturated rings. The quantitative estimate of drug-likeness (QED) is 0.425. The van der Waals surface area contributed by atoms with Crippen molar-refractivity contribution in [3.05, 3.63) is 58.7 Å². The molecule has 1 saturated carbocycles. The molecule has 1 saturated heterocycles. The lowest BCUT2D eigenvalue weighted by atomic mass is 9.81. The molecule has 3 aromatic rings. The van der Waals surface area contributed by atoms with E-state index in [1.165, 1.54) is 26.1 Å². The highest BCUT2D eigenvalue weighted by Gasteiger charge is 2.32. The van der Waals surface area contributed by atoms with Gasteiger partial charge in [-0.05, 0) is 79.1 Å². The van der Waals surface area contributed by atoms with Crippen molar-refractivity contribution in [3.63, 3.8) is 0 Å². The summed E-state index contributed by atoms with van der Waals surface area (Å²) in [6.45, 7) is 1.26. The van der Waals surface area contributed by atoms with E-state index in [2.05, 4.69) is 9.29 Å². The largest absolute Gasteiger partial charge is 0.497 e. The average molecular weight is 621 g/mol. The first-order valence-corrected chi connectivity index (χ1v) is 16.8. The Hall–Kier alpha value is -3.67. The van der Waals surface area contributed by atoms with Crippen molar-refractivity contribution >= 4 is 39.0 Å². The van der Waals surface area contributed by atoms with E-state index in [1.807, 2.05) is 35.2 Å². The van der Waals surface area contributed by atoms with Crippen molar-refractivity contribution in [2.45, 2.75) is 63.5 Å². The number of ether oxygens (including phenoxy) is 1. The SMILES string of the molecule is COc1ccc2c(c1)C=C(C(=O)N1CCC(O)CC1)Cn1c-2c(C2CCCCC2)c2ccc(C(=O)NS(=O)(=O)N(C)C)cc21. The number of nitrogens with one attached hydrogen (secondary N) is 1. The van der Waals surface area contributed by atoms with Crippen LogP contribution in [0.1, 0.15) is 72.3 Å².